The molecule has 19 heavy (non-hydrogen) atoms. The third kappa shape index (κ3) is 3.97. The molecule has 2 unspecified atom stereocenters. The maximum Gasteiger partial charge on any atom is 0.0366 e. The fourth-order valence-electron chi connectivity index (χ4n) is 2.53. The van der Waals surface area contributed by atoms with Gasteiger partial charge in [0.1, 0.15) is 0 Å². The van der Waals surface area contributed by atoms with Gasteiger partial charge < -0.3 is 10.2 Å². The van der Waals surface area contributed by atoms with Crippen LogP contribution in [-0.2, 0) is 6.54 Å². The molecule has 1 aliphatic rings. The second-order valence-electron chi connectivity index (χ2n) is 7.13. The largest absolute Gasteiger partial charge is 0.371 e. The Labute approximate surface area is 118 Å². The summed E-state index contributed by atoms with van der Waals surface area (Å²) >= 11 is 0. The van der Waals surface area contributed by atoms with Crippen molar-refractivity contribution >= 4 is 5.69 Å². The van der Waals surface area contributed by atoms with Crippen LogP contribution in [0.4, 0.5) is 5.69 Å². The molecule has 2 rings (SSSR count). The predicted octanol–water partition coefficient (Wildman–Crippen LogP) is 3.67. The van der Waals surface area contributed by atoms with Crippen LogP contribution in [0.1, 0.15) is 40.2 Å². The van der Waals surface area contributed by atoms with Crippen LogP contribution in [0, 0.1) is 11.8 Å². The molecule has 2 nitrogen and oxygen atoms in total. The highest BCUT2D eigenvalue weighted by molar-refractivity contribution is 5.48. The van der Waals surface area contributed by atoms with Crippen molar-refractivity contribution in [2.24, 2.45) is 11.8 Å². The topological polar surface area (TPSA) is 15.3 Å². The van der Waals surface area contributed by atoms with Gasteiger partial charge in [-0.25, -0.2) is 0 Å². The van der Waals surface area contributed by atoms with E-state index in [1.807, 2.05) is 0 Å². The number of hydrogen-bond acceptors (Lipinski definition) is 2. The molecule has 1 aliphatic heterocycles. The van der Waals surface area contributed by atoms with Crippen molar-refractivity contribution in [1.82, 2.24) is 5.32 Å². The van der Waals surface area contributed by atoms with Crippen LogP contribution in [0.25, 0.3) is 0 Å². The smallest absolute Gasteiger partial charge is 0.0366 e. The maximum atomic E-state index is 3.53. The van der Waals surface area contributed by atoms with Crippen LogP contribution < -0.4 is 10.2 Å². The Kier molecular flexibility index (Phi) is 4.19. The van der Waals surface area contributed by atoms with E-state index in [1.165, 1.54) is 24.3 Å². The third-order valence-electron chi connectivity index (χ3n) is 4.11. The van der Waals surface area contributed by atoms with E-state index in [1.54, 1.807) is 0 Å². The maximum absolute atomic E-state index is 3.53. The highest BCUT2D eigenvalue weighted by Gasteiger charge is 2.25. The first-order chi connectivity index (χ1) is 8.85. The number of anilines is 1. The van der Waals surface area contributed by atoms with Crippen LogP contribution in [0.15, 0.2) is 24.3 Å². The lowest BCUT2D eigenvalue weighted by molar-refractivity contribution is 0.424. The van der Waals surface area contributed by atoms with Gasteiger partial charge in [-0.3, -0.25) is 0 Å². The third-order valence-corrected chi connectivity index (χ3v) is 4.11. The number of nitrogens with one attached hydrogen (secondary N) is 1. The molecule has 0 bridgehead atoms. The first-order valence-electron chi connectivity index (χ1n) is 7.44. The summed E-state index contributed by atoms with van der Waals surface area (Å²) in [5.74, 6) is 1.62. The van der Waals surface area contributed by atoms with Crippen molar-refractivity contribution in [3.05, 3.63) is 29.8 Å². The van der Waals surface area contributed by atoms with E-state index in [0.29, 0.717) is 0 Å². The molecule has 0 aromatic heterocycles. The fraction of sp³-hybridized carbons (Fsp3) is 0.647. The van der Waals surface area contributed by atoms with Gasteiger partial charge in [0.25, 0.3) is 0 Å². The second kappa shape index (κ2) is 5.54. The van der Waals surface area contributed by atoms with E-state index in [-0.39, 0.29) is 5.54 Å². The van der Waals surface area contributed by atoms with E-state index < -0.39 is 0 Å². The summed E-state index contributed by atoms with van der Waals surface area (Å²) in [5, 5.41) is 3.53. The minimum absolute atomic E-state index is 0.179. The molecule has 1 aromatic carbocycles. The summed E-state index contributed by atoms with van der Waals surface area (Å²) in [4.78, 5) is 2.51. The van der Waals surface area contributed by atoms with Gasteiger partial charge in [0.05, 0.1) is 0 Å². The molecule has 1 aromatic rings. The zero-order valence-corrected chi connectivity index (χ0v) is 13.0. The van der Waals surface area contributed by atoms with Crippen molar-refractivity contribution in [3.63, 3.8) is 0 Å². The van der Waals surface area contributed by atoms with Gasteiger partial charge in [0.2, 0.25) is 0 Å². The zero-order chi connectivity index (χ0) is 14.0. The van der Waals surface area contributed by atoms with E-state index >= 15 is 0 Å². The molecule has 1 N–H and O–H groups in total. The summed E-state index contributed by atoms with van der Waals surface area (Å²) in [6.07, 6.45) is 0. The summed E-state index contributed by atoms with van der Waals surface area (Å²) in [7, 11) is 0. The van der Waals surface area contributed by atoms with Crippen molar-refractivity contribution in [2.75, 3.05) is 18.0 Å². The van der Waals surface area contributed by atoms with Crippen molar-refractivity contribution in [2.45, 2.75) is 46.7 Å². The highest BCUT2D eigenvalue weighted by atomic mass is 15.2. The van der Waals surface area contributed by atoms with E-state index in [2.05, 4.69) is 69.1 Å². The van der Waals surface area contributed by atoms with E-state index in [9.17, 15) is 0 Å². The summed E-state index contributed by atoms with van der Waals surface area (Å²) in [6.45, 7) is 14.6. The van der Waals surface area contributed by atoms with Gasteiger partial charge in [-0.15, -0.1) is 0 Å². The van der Waals surface area contributed by atoms with Crippen molar-refractivity contribution in [3.8, 4) is 0 Å². The second-order valence-corrected chi connectivity index (χ2v) is 7.13. The highest BCUT2D eigenvalue weighted by Crippen LogP contribution is 2.27. The number of rotatable bonds is 3. The van der Waals surface area contributed by atoms with Crippen molar-refractivity contribution < 1.29 is 0 Å². The average molecular weight is 260 g/mol. The minimum atomic E-state index is 0.179. The SMILES string of the molecule is CC1CN(c2ccc(CNC(C)(C)C)cc2)CC1C. The molecule has 0 radical (unpaired) electrons. The van der Waals surface area contributed by atoms with Crippen LogP contribution in [-0.4, -0.2) is 18.6 Å². The first-order valence-corrected chi connectivity index (χ1v) is 7.44. The average Bonchev–Trinajstić information content (AvgIpc) is 2.67. The Hall–Kier alpha value is -1.02. The molecule has 2 atom stereocenters. The van der Waals surface area contributed by atoms with Gasteiger partial charge in [0, 0.05) is 30.9 Å². The normalized spacial score (nSPS) is 23.9. The standard InChI is InChI=1S/C17H28N2/c1-13-11-19(12-14(13)2)16-8-6-15(7-9-16)10-18-17(3,4)5/h6-9,13-14,18H,10-12H2,1-5H3. The zero-order valence-electron chi connectivity index (χ0n) is 13.0. The molecule has 1 saturated heterocycles. The summed E-state index contributed by atoms with van der Waals surface area (Å²) < 4.78 is 0. The molecule has 0 aliphatic carbocycles. The monoisotopic (exact) mass is 260 g/mol. The van der Waals surface area contributed by atoms with Crippen LogP contribution in [0.2, 0.25) is 0 Å². The van der Waals surface area contributed by atoms with Crippen LogP contribution in [0.3, 0.4) is 0 Å². The lowest BCUT2D eigenvalue weighted by Crippen LogP contribution is -2.35. The molecular weight excluding hydrogens is 232 g/mol. The Morgan fingerprint density at radius 1 is 1.05 bits per heavy atom. The Balaban J connectivity index is 1.95. The molecular formula is C17H28N2. The minimum Gasteiger partial charge on any atom is -0.371 e. The lowest BCUT2D eigenvalue weighted by atomic mass is 10.0. The Morgan fingerprint density at radius 2 is 1.58 bits per heavy atom. The lowest BCUT2D eigenvalue weighted by Gasteiger charge is -2.21. The predicted molar refractivity (Wildman–Crippen MR) is 83.6 cm³/mol. The van der Waals surface area contributed by atoms with Gasteiger partial charge in [-0.05, 0) is 50.3 Å². The van der Waals surface area contributed by atoms with Gasteiger partial charge in [-0.1, -0.05) is 26.0 Å². The fourth-order valence-corrected chi connectivity index (χ4v) is 2.53. The number of hydrogen-bond donors (Lipinski definition) is 1. The van der Waals surface area contributed by atoms with Gasteiger partial charge in [-0.2, -0.15) is 0 Å². The van der Waals surface area contributed by atoms with Gasteiger partial charge in [0.15, 0.2) is 0 Å². The van der Waals surface area contributed by atoms with E-state index in [4.69, 9.17) is 0 Å². The van der Waals surface area contributed by atoms with Crippen molar-refractivity contribution in [1.29, 1.82) is 0 Å². The summed E-state index contributed by atoms with van der Waals surface area (Å²) in [6, 6.07) is 9.04. The Bertz CT molecular complexity index is 392. The molecule has 0 spiro atoms. The molecule has 106 valence electrons. The number of nitrogens with zero attached hydrogens (tertiary/aromatic N) is 1. The molecule has 0 saturated carbocycles. The quantitative estimate of drug-likeness (QED) is 0.892. The number of benzene rings is 1. The van der Waals surface area contributed by atoms with Crippen LogP contribution in [0.5, 0.6) is 0 Å². The molecule has 1 heterocycles. The molecule has 1 fully saturated rings. The first kappa shape index (κ1) is 14.4. The van der Waals surface area contributed by atoms with Crippen LogP contribution >= 0.6 is 0 Å². The Morgan fingerprint density at radius 3 is 2.05 bits per heavy atom. The summed E-state index contributed by atoms with van der Waals surface area (Å²) in [5.41, 5.74) is 2.91. The van der Waals surface area contributed by atoms with Gasteiger partial charge >= 0.3 is 0 Å². The van der Waals surface area contributed by atoms with E-state index in [0.717, 1.165) is 18.4 Å². The molecule has 2 heteroatoms. The molecule has 0 amide bonds.